The van der Waals surface area contributed by atoms with Crippen LogP contribution >= 0.6 is 0 Å². The fraction of sp³-hybridized carbons (Fsp3) is 0.600. The Kier molecular flexibility index (Phi) is 5.52. The molecule has 1 aromatic heterocycles. The number of nitrogens with one attached hydrogen (secondary N) is 2. The maximum Gasteiger partial charge on any atom is 0.274 e. The van der Waals surface area contributed by atoms with Crippen molar-refractivity contribution < 1.29 is 9.59 Å². The molecule has 2 heterocycles. The van der Waals surface area contributed by atoms with Gasteiger partial charge >= 0.3 is 0 Å². The van der Waals surface area contributed by atoms with Gasteiger partial charge in [-0.2, -0.15) is 0 Å². The van der Waals surface area contributed by atoms with E-state index in [2.05, 4.69) is 22.5 Å². The first-order valence-corrected chi connectivity index (χ1v) is 7.52. The number of rotatable bonds is 6. The van der Waals surface area contributed by atoms with Crippen LogP contribution in [0.15, 0.2) is 18.3 Å². The van der Waals surface area contributed by atoms with Crippen LogP contribution in [0.1, 0.15) is 30.3 Å². The molecule has 1 atom stereocenters. The SMILES string of the molecule is CCCN(CC(=O)NC(=O)c1cccn1C)C1CCNC1. The molecule has 1 fully saturated rings. The van der Waals surface area contributed by atoms with E-state index < -0.39 is 0 Å². The van der Waals surface area contributed by atoms with Crippen molar-refractivity contribution in [2.45, 2.75) is 25.8 Å². The smallest absolute Gasteiger partial charge is 0.274 e. The first-order valence-electron chi connectivity index (χ1n) is 7.52. The van der Waals surface area contributed by atoms with E-state index in [0.717, 1.165) is 32.5 Å². The number of carbonyl (C=O) groups excluding carboxylic acids is 2. The number of carbonyl (C=O) groups is 2. The van der Waals surface area contributed by atoms with Gasteiger partial charge in [-0.3, -0.25) is 19.8 Å². The lowest BCUT2D eigenvalue weighted by molar-refractivity contribution is -0.121. The van der Waals surface area contributed by atoms with Crippen molar-refractivity contribution in [3.63, 3.8) is 0 Å². The summed E-state index contributed by atoms with van der Waals surface area (Å²) in [6, 6.07) is 3.88. The quantitative estimate of drug-likeness (QED) is 0.794. The third kappa shape index (κ3) is 4.15. The van der Waals surface area contributed by atoms with Crippen LogP contribution in [0.2, 0.25) is 0 Å². The average Bonchev–Trinajstić information content (AvgIpc) is 3.08. The van der Waals surface area contributed by atoms with E-state index in [1.807, 2.05) is 0 Å². The maximum atomic E-state index is 12.1. The van der Waals surface area contributed by atoms with E-state index in [4.69, 9.17) is 0 Å². The molecular weight excluding hydrogens is 268 g/mol. The second-order valence-electron chi connectivity index (χ2n) is 5.50. The Labute approximate surface area is 125 Å². The molecule has 0 radical (unpaired) electrons. The van der Waals surface area contributed by atoms with Crippen molar-refractivity contribution in [2.75, 3.05) is 26.2 Å². The first kappa shape index (κ1) is 15.7. The molecule has 2 N–H and O–H groups in total. The van der Waals surface area contributed by atoms with Gasteiger partial charge in [0, 0.05) is 25.8 Å². The van der Waals surface area contributed by atoms with Crippen LogP contribution in [0.5, 0.6) is 0 Å². The predicted molar refractivity (Wildman–Crippen MR) is 81.0 cm³/mol. The summed E-state index contributed by atoms with van der Waals surface area (Å²) in [7, 11) is 1.78. The molecule has 1 aliphatic rings. The van der Waals surface area contributed by atoms with Crippen molar-refractivity contribution >= 4 is 11.8 Å². The second kappa shape index (κ2) is 7.38. The minimum absolute atomic E-state index is 0.235. The van der Waals surface area contributed by atoms with Gasteiger partial charge in [0.15, 0.2) is 0 Å². The minimum atomic E-state index is -0.339. The molecule has 1 unspecified atom stereocenters. The maximum absolute atomic E-state index is 12.1. The normalized spacial score (nSPS) is 18.1. The van der Waals surface area contributed by atoms with Crippen molar-refractivity contribution in [1.29, 1.82) is 0 Å². The highest BCUT2D eigenvalue weighted by atomic mass is 16.2. The number of nitrogens with zero attached hydrogens (tertiary/aromatic N) is 2. The third-order valence-corrected chi connectivity index (χ3v) is 3.84. The summed E-state index contributed by atoms with van der Waals surface area (Å²) in [5.74, 6) is -0.574. The first-order chi connectivity index (χ1) is 10.1. The van der Waals surface area contributed by atoms with Gasteiger partial charge in [0.2, 0.25) is 5.91 Å². The van der Waals surface area contributed by atoms with Gasteiger partial charge in [-0.25, -0.2) is 0 Å². The van der Waals surface area contributed by atoms with E-state index >= 15 is 0 Å². The highest BCUT2D eigenvalue weighted by Crippen LogP contribution is 2.09. The molecule has 1 saturated heterocycles. The van der Waals surface area contributed by atoms with Crippen LogP contribution < -0.4 is 10.6 Å². The molecule has 0 bridgehead atoms. The number of hydrogen-bond donors (Lipinski definition) is 2. The van der Waals surface area contributed by atoms with Crippen LogP contribution in [0.3, 0.4) is 0 Å². The Hall–Kier alpha value is -1.66. The van der Waals surface area contributed by atoms with E-state index in [0.29, 0.717) is 11.7 Å². The van der Waals surface area contributed by atoms with Gasteiger partial charge in [0.05, 0.1) is 6.54 Å². The third-order valence-electron chi connectivity index (χ3n) is 3.84. The minimum Gasteiger partial charge on any atom is -0.347 e. The fourth-order valence-corrected chi connectivity index (χ4v) is 2.74. The Balaban J connectivity index is 1.89. The number of hydrogen-bond acceptors (Lipinski definition) is 4. The average molecular weight is 292 g/mol. The molecule has 0 saturated carbocycles. The summed E-state index contributed by atoms with van der Waals surface area (Å²) in [4.78, 5) is 26.3. The van der Waals surface area contributed by atoms with Crippen LogP contribution in [0, 0.1) is 0 Å². The summed E-state index contributed by atoms with van der Waals surface area (Å²) in [6.45, 7) is 5.16. The molecule has 0 aliphatic carbocycles. The molecule has 0 aromatic carbocycles. The second-order valence-corrected chi connectivity index (χ2v) is 5.50. The molecule has 1 aliphatic heterocycles. The van der Waals surface area contributed by atoms with Crippen molar-refractivity contribution in [3.05, 3.63) is 24.0 Å². The standard InChI is InChI=1S/C15H24N4O2/c1-3-8-19(12-6-7-16-10-12)11-14(20)17-15(21)13-5-4-9-18(13)2/h4-5,9,12,16H,3,6-8,10-11H2,1-2H3,(H,17,20,21). The van der Waals surface area contributed by atoms with Crippen LogP contribution in [0.4, 0.5) is 0 Å². The summed E-state index contributed by atoms with van der Waals surface area (Å²) in [5.41, 5.74) is 0.493. The van der Waals surface area contributed by atoms with Gasteiger partial charge in [-0.15, -0.1) is 0 Å². The van der Waals surface area contributed by atoms with Crippen LogP contribution in [-0.2, 0) is 11.8 Å². The number of aryl methyl sites for hydroxylation is 1. The number of aromatic nitrogens is 1. The van der Waals surface area contributed by atoms with E-state index in [1.165, 1.54) is 0 Å². The van der Waals surface area contributed by atoms with Crippen molar-refractivity contribution in [3.8, 4) is 0 Å². The monoisotopic (exact) mass is 292 g/mol. The molecule has 2 rings (SSSR count). The van der Waals surface area contributed by atoms with E-state index in [-0.39, 0.29) is 18.4 Å². The molecule has 0 spiro atoms. The molecular formula is C15H24N4O2. The topological polar surface area (TPSA) is 66.4 Å². The van der Waals surface area contributed by atoms with Crippen molar-refractivity contribution in [2.24, 2.45) is 7.05 Å². The van der Waals surface area contributed by atoms with Gasteiger partial charge in [-0.05, 0) is 38.1 Å². The fourth-order valence-electron chi connectivity index (χ4n) is 2.74. The number of imide groups is 1. The zero-order valence-electron chi connectivity index (χ0n) is 12.8. The lowest BCUT2D eigenvalue weighted by Crippen LogP contribution is -2.45. The Morgan fingerprint density at radius 3 is 2.90 bits per heavy atom. The largest absolute Gasteiger partial charge is 0.347 e. The van der Waals surface area contributed by atoms with Crippen molar-refractivity contribution in [1.82, 2.24) is 20.1 Å². The molecule has 1 aromatic rings. The summed E-state index contributed by atoms with van der Waals surface area (Å²) < 4.78 is 1.70. The van der Waals surface area contributed by atoms with E-state index in [1.54, 1.807) is 29.9 Å². The Bertz CT molecular complexity index is 492. The molecule has 21 heavy (non-hydrogen) atoms. The summed E-state index contributed by atoms with van der Waals surface area (Å²) >= 11 is 0. The summed E-state index contributed by atoms with van der Waals surface area (Å²) in [6.07, 6.45) is 3.83. The Morgan fingerprint density at radius 2 is 2.33 bits per heavy atom. The molecule has 116 valence electrons. The van der Waals surface area contributed by atoms with Gasteiger partial charge in [0.1, 0.15) is 5.69 Å². The zero-order chi connectivity index (χ0) is 15.2. The lowest BCUT2D eigenvalue weighted by Gasteiger charge is -2.27. The van der Waals surface area contributed by atoms with Crippen LogP contribution in [0.25, 0.3) is 0 Å². The Morgan fingerprint density at radius 1 is 1.52 bits per heavy atom. The highest BCUT2D eigenvalue weighted by molar-refractivity contribution is 6.04. The number of amides is 2. The van der Waals surface area contributed by atoms with Gasteiger partial charge < -0.3 is 9.88 Å². The van der Waals surface area contributed by atoms with Gasteiger partial charge in [0.25, 0.3) is 5.91 Å². The summed E-state index contributed by atoms with van der Waals surface area (Å²) in [5, 5.41) is 5.79. The predicted octanol–water partition coefficient (Wildman–Crippen LogP) is 0.355. The molecule has 6 nitrogen and oxygen atoms in total. The van der Waals surface area contributed by atoms with Crippen LogP contribution in [-0.4, -0.2) is 53.5 Å². The lowest BCUT2D eigenvalue weighted by atomic mass is 10.2. The molecule has 2 amide bonds. The van der Waals surface area contributed by atoms with Gasteiger partial charge in [-0.1, -0.05) is 6.92 Å². The van der Waals surface area contributed by atoms with E-state index in [9.17, 15) is 9.59 Å². The zero-order valence-corrected chi connectivity index (χ0v) is 12.8. The highest BCUT2D eigenvalue weighted by Gasteiger charge is 2.24. The molecule has 6 heteroatoms.